The van der Waals surface area contributed by atoms with E-state index >= 15 is 0 Å². The molecule has 0 radical (unpaired) electrons. The van der Waals surface area contributed by atoms with Gasteiger partial charge in [0.2, 0.25) is 0 Å². The molecular weight excluding hydrogens is 176 g/mol. The van der Waals surface area contributed by atoms with E-state index in [1.807, 2.05) is 11.8 Å². The molecule has 1 heterocycles. The Morgan fingerprint density at radius 3 is 2.92 bits per heavy atom. The van der Waals surface area contributed by atoms with Gasteiger partial charge >= 0.3 is 0 Å². The molecule has 1 saturated heterocycles. The zero-order chi connectivity index (χ0) is 9.84. The van der Waals surface area contributed by atoms with E-state index in [-0.39, 0.29) is 0 Å². The Balaban J connectivity index is 2.37. The molecule has 0 N–H and O–H groups in total. The van der Waals surface area contributed by atoms with Crippen LogP contribution in [-0.4, -0.2) is 43.7 Å². The lowest BCUT2D eigenvalue weighted by Crippen LogP contribution is -2.45. The molecule has 0 saturated carbocycles. The average molecular weight is 191 g/mol. The second-order valence-corrected chi connectivity index (χ2v) is 3.44. The van der Waals surface area contributed by atoms with Gasteiger partial charge in [0.1, 0.15) is 6.10 Å². The lowest BCUT2D eigenvalue weighted by Gasteiger charge is -2.32. The zero-order valence-corrected chi connectivity index (χ0v) is 7.80. The summed E-state index contributed by atoms with van der Waals surface area (Å²) in [6, 6.07) is 0. The normalized spacial score (nSPS) is 25.1. The number of nitrogens with zero attached hydrogens (tertiary/aromatic N) is 1. The lowest BCUT2D eigenvalue weighted by molar-refractivity contribution is -0.100. The molecular formula is C9H15F2NO. The van der Waals surface area contributed by atoms with Crippen molar-refractivity contribution in [2.75, 3.05) is 26.2 Å². The number of hydrogen-bond acceptors (Lipinski definition) is 2. The molecule has 0 aliphatic carbocycles. The van der Waals surface area contributed by atoms with E-state index in [1.165, 1.54) is 0 Å². The van der Waals surface area contributed by atoms with Crippen LogP contribution in [-0.2, 0) is 4.74 Å². The highest BCUT2D eigenvalue weighted by Gasteiger charge is 2.27. The first kappa shape index (κ1) is 10.6. The summed E-state index contributed by atoms with van der Waals surface area (Å²) in [6.45, 7) is 7.75. The van der Waals surface area contributed by atoms with Crippen molar-refractivity contribution in [3.8, 4) is 0 Å². The van der Waals surface area contributed by atoms with Crippen LogP contribution in [0.3, 0.4) is 0 Å². The molecule has 1 rings (SSSR count). The van der Waals surface area contributed by atoms with Gasteiger partial charge in [0.25, 0.3) is 6.43 Å². The van der Waals surface area contributed by atoms with E-state index in [4.69, 9.17) is 4.74 Å². The molecule has 0 aromatic heterocycles. The molecule has 1 fully saturated rings. The van der Waals surface area contributed by atoms with Gasteiger partial charge in [-0.3, -0.25) is 4.90 Å². The van der Waals surface area contributed by atoms with Crippen molar-refractivity contribution < 1.29 is 13.5 Å². The van der Waals surface area contributed by atoms with Gasteiger partial charge in [-0.05, 0) is 6.92 Å². The SMILES string of the molecule is C=C(C)CN1CCOC(C(F)F)C1. The highest BCUT2D eigenvalue weighted by atomic mass is 19.3. The summed E-state index contributed by atoms with van der Waals surface area (Å²) in [5, 5.41) is 0. The third-order valence-corrected chi connectivity index (χ3v) is 1.95. The second-order valence-electron chi connectivity index (χ2n) is 3.44. The third-order valence-electron chi connectivity index (χ3n) is 1.95. The maximum absolute atomic E-state index is 12.3. The van der Waals surface area contributed by atoms with Crippen LogP contribution in [0.25, 0.3) is 0 Å². The fraction of sp³-hybridized carbons (Fsp3) is 0.778. The van der Waals surface area contributed by atoms with Gasteiger partial charge in [0.15, 0.2) is 0 Å². The van der Waals surface area contributed by atoms with Gasteiger partial charge in [0.05, 0.1) is 6.61 Å². The Kier molecular flexibility index (Phi) is 3.81. The van der Waals surface area contributed by atoms with Crippen LogP contribution in [0.2, 0.25) is 0 Å². The lowest BCUT2D eigenvalue weighted by atomic mass is 10.2. The summed E-state index contributed by atoms with van der Waals surface area (Å²) in [6.07, 6.45) is -3.30. The van der Waals surface area contributed by atoms with Crippen LogP contribution < -0.4 is 0 Å². The molecule has 1 unspecified atom stereocenters. The zero-order valence-electron chi connectivity index (χ0n) is 7.80. The van der Waals surface area contributed by atoms with Crippen LogP contribution >= 0.6 is 0 Å². The van der Waals surface area contributed by atoms with Crippen molar-refractivity contribution in [1.82, 2.24) is 4.90 Å². The molecule has 0 aromatic rings. The minimum atomic E-state index is -2.38. The minimum Gasteiger partial charge on any atom is -0.370 e. The summed E-state index contributed by atoms with van der Waals surface area (Å²) in [7, 11) is 0. The van der Waals surface area contributed by atoms with Crippen LogP contribution in [0.5, 0.6) is 0 Å². The fourth-order valence-corrected chi connectivity index (χ4v) is 1.41. The summed E-state index contributed by atoms with van der Waals surface area (Å²) < 4.78 is 29.4. The quantitative estimate of drug-likeness (QED) is 0.627. The monoisotopic (exact) mass is 191 g/mol. The topological polar surface area (TPSA) is 12.5 Å². The number of halogens is 2. The van der Waals surface area contributed by atoms with Gasteiger partial charge in [-0.25, -0.2) is 8.78 Å². The predicted molar refractivity (Wildman–Crippen MR) is 47.0 cm³/mol. The van der Waals surface area contributed by atoms with Crippen LogP contribution in [0.1, 0.15) is 6.92 Å². The molecule has 4 heteroatoms. The standard InChI is InChI=1S/C9H15F2NO/c1-7(2)5-12-3-4-13-8(6-12)9(10)11/h8-9H,1,3-6H2,2H3. The number of hydrogen-bond donors (Lipinski definition) is 0. The van der Waals surface area contributed by atoms with E-state index < -0.39 is 12.5 Å². The maximum atomic E-state index is 12.3. The Morgan fingerprint density at radius 2 is 2.38 bits per heavy atom. The van der Waals surface area contributed by atoms with Crippen molar-refractivity contribution in [2.24, 2.45) is 0 Å². The van der Waals surface area contributed by atoms with E-state index in [9.17, 15) is 8.78 Å². The average Bonchev–Trinajstić information content (AvgIpc) is 2.03. The Bertz CT molecular complexity index is 184. The molecule has 0 bridgehead atoms. The molecule has 0 aromatic carbocycles. The van der Waals surface area contributed by atoms with Crippen molar-refractivity contribution in [1.29, 1.82) is 0 Å². The molecule has 0 spiro atoms. The molecule has 76 valence electrons. The number of alkyl halides is 2. The fourth-order valence-electron chi connectivity index (χ4n) is 1.41. The summed E-state index contributed by atoms with van der Waals surface area (Å²) in [5.41, 5.74) is 0.995. The summed E-state index contributed by atoms with van der Waals surface area (Å²) in [5.74, 6) is 0. The van der Waals surface area contributed by atoms with E-state index in [0.717, 1.165) is 12.1 Å². The van der Waals surface area contributed by atoms with Crippen molar-refractivity contribution in [2.45, 2.75) is 19.5 Å². The second kappa shape index (κ2) is 4.67. The Morgan fingerprint density at radius 1 is 1.69 bits per heavy atom. The van der Waals surface area contributed by atoms with Gasteiger partial charge in [0, 0.05) is 19.6 Å². The first-order valence-corrected chi connectivity index (χ1v) is 4.36. The molecule has 1 aliphatic rings. The molecule has 13 heavy (non-hydrogen) atoms. The van der Waals surface area contributed by atoms with E-state index in [1.54, 1.807) is 0 Å². The highest BCUT2D eigenvalue weighted by molar-refractivity contribution is 4.93. The third kappa shape index (κ3) is 3.40. The van der Waals surface area contributed by atoms with Crippen molar-refractivity contribution in [3.63, 3.8) is 0 Å². The Labute approximate surface area is 77.2 Å². The van der Waals surface area contributed by atoms with E-state index in [2.05, 4.69) is 6.58 Å². The largest absolute Gasteiger partial charge is 0.370 e. The molecule has 0 amide bonds. The molecule has 1 aliphatic heterocycles. The molecule has 1 atom stereocenters. The number of ether oxygens (including phenoxy) is 1. The van der Waals surface area contributed by atoms with Gasteiger partial charge in [-0.2, -0.15) is 0 Å². The van der Waals surface area contributed by atoms with Crippen LogP contribution in [0.4, 0.5) is 8.78 Å². The first-order valence-electron chi connectivity index (χ1n) is 4.36. The van der Waals surface area contributed by atoms with Crippen molar-refractivity contribution in [3.05, 3.63) is 12.2 Å². The molecule has 2 nitrogen and oxygen atoms in total. The summed E-state index contributed by atoms with van der Waals surface area (Å²) >= 11 is 0. The predicted octanol–water partition coefficient (Wildman–Crippen LogP) is 1.53. The highest BCUT2D eigenvalue weighted by Crippen LogP contribution is 2.13. The number of rotatable bonds is 3. The maximum Gasteiger partial charge on any atom is 0.265 e. The Hall–Kier alpha value is -0.480. The smallest absolute Gasteiger partial charge is 0.265 e. The van der Waals surface area contributed by atoms with Crippen molar-refractivity contribution >= 4 is 0 Å². The number of morpholine rings is 1. The minimum absolute atomic E-state index is 0.310. The van der Waals surface area contributed by atoms with E-state index in [0.29, 0.717) is 19.7 Å². The van der Waals surface area contributed by atoms with Gasteiger partial charge in [-0.15, -0.1) is 0 Å². The summed E-state index contributed by atoms with van der Waals surface area (Å²) in [4.78, 5) is 1.95. The van der Waals surface area contributed by atoms with Crippen LogP contribution in [0.15, 0.2) is 12.2 Å². The van der Waals surface area contributed by atoms with Gasteiger partial charge in [-0.1, -0.05) is 12.2 Å². The first-order chi connectivity index (χ1) is 6.09. The van der Waals surface area contributed by atoms with Crippen LogP contribution in [0, 0.1) is 0 Å². The van der Waals surface area contributed by atoms with Gasteiger partial charge < -0.3 is 4.74 Å².